The van der Waals surface area contributed by atoms with Gasteiger partial charge in [0.25, 0.3) is 0 Å². The van der Waals surface area contributed by atoms with Gasteiger partial charge in [-0.1, -0.05) is 19.8 Å². The van der Waals surface area contributed by atoms with Gasteiger partial charge in [-0.15, -0.1) is 12.3 Å². The van der Waals surface area contributed by atoms with Crippen LogP contribution in [0.15, 0.2) is 0 Å². The Balaban J connectivity index is -0.0000000910. The third-order valence-electron chi connectivity index (χ3n) is 0.448. The van der Waals surface area contributed by atoms with Crippen molar-refractivity contribution < 1.29 is 1.43 Å². The van der Waals surface area contributed by atoms with E-state index in [-0.39, 0.29) is 1.43 Å². The van der Waals surface area contributed by atoms with Crippen LogP contribution in [-0.2, 0) is 0 Å². The van der Waals surface area contributed by atoms with Gasteiger partial charge in [0.2, 0.25) is 0 Å². The lowest BCUT2D eigenvalue weighted by atomic mass is 10.5. The highest BCUT2D eigenvalue weighted by Crippen LogP contribution is 1.71. The van der Waals surface area contributed by atoms with Crippen molar-refractivity contribution in [2.45, 2.75) is 26.7 Å². The van der Waals surface area contributed by atoms with Gasteiger partial charge < -0.3 is 0 Å². The highest BCUT2D eigenvalue weighted by molar-refractivity contribution is 9.12. The summed E-state index contributed by atoms with van der Waals surface area (Å²) in [6.45, 7) is 3.95. The van der Waals surface area contributed by atoms with Crippen molar-refractivity contribution in [1.29, 1.82) is 0 Å². The summed E-state index contributed by atoms with van der Waals surface area (Å²) >= 11 is 2.95. The number of hydrogen-bond donors (Lipinski definition) is 0. The Morgan fingerprint density at radius 1 is 1.44 bits per heavy atom. The van der Waals surface area contributed by atoms with Gasteiger partial charge in [-0.3, -0.25) is 0 Å². The van der Waals surface area contributed by atoms with Crippen LogP contribution >= 0.6 is 15.9 Å². The summed E-state index contributed by atoms with van der Waals surface area (Å²) in [6, 6.07) is 0. The molecule has 0 saturated carbocycles. The zero-order valence-electron chi connectivity index (χ0n) is 5.87. The average Bonchev–Trinajstić information content (AvgIpc) is 1.91. The molecule has 0 spiro atoms. The molecular formula is C8H13Br. The molecule has 0 aliphatic rings. The maximum absolute atomic E-state index is 4.78. The monoisotopic (exact) mass is 189 g/mol. The van der Waals surface area contributed by atoms with Crippen LogP contribution in [0.2, 0.25) is 0 Å². The van der Waals surface area contributed by atoms with E-state index in [0.29, 0.717) is 0 Å². The standard InChI is InChI=1S/C4H5Br.C4H6.H2/c1-2-3-4-5;1-3-4-2;/h2H2,1H3;1H,4H2,2H3;1H/i;;1+1. The normalized spacial score (nSPS) is 5.11. The number of terminal acetylenes is 1. The average molecular weight is 190 g/mol. The van der Waals surface area contributed by atoms with Gasteiger partial charge in [0.05, 0.1) is 0 Å². The Kier molecular flexibility index (Phi) is 19.8. The summed E-state index contributed by atoms with van der Waals surface area (Å²) in [5.41, 5.74) is 0. The minimum absolute atomic E-state index is 0. The molecule has 0 nitrogen and oxygen atoms in total. The summed E-state index contributed by atoms with van der Waals surface area (Å²) in [5, 5.41) is 0. The first kappa shape index (κ1) is 11.4. The van der Waals surface area contributed by atoms with Gasteiger partial charge in [0, 0.05) is 30.2 Å². The van der Waals surface area contributed by atoms with Crippen LogP contribution in [-0.4, -0.2) is 0 Å². The molecule has 0 rings (SSSR count). The van der Waals surface area contributed by atoms with E-state index in [9.17, 15) is 0 Å². The van der Waals surface area contributed by atoms with Crippen molar-refractivity contribution in [3.8, 4) is 23.1 Å². The van der Waals surface area contributed by atoms with Crippen LogP contribution in [0.3, 0.4) is 0 Å². The molecule has 0 aliphatic heterocycles. The second kappa shape index (κ2) is 15.6. The van der Waals surface area contributed by atoms with Crippen LogP contribution < -0.4 is 0 Å². The lowest BCUT2D eigenvalue weighted by molar-refractivity contribution is 1.28. The van der Waals surface area contributed by atoms with E-state index in [4.69, 9.17) is 6.42 Å². The van der Waals surface area contributed by atoms with E-state index in [2.05, 4.69) is 32.6 Å². The predicted molar refractivity (Wildman–Crippen MR) is 48.2 cm³/mol. The van der Waals surface area contributed by atoms with Crippen molar-refractivity contribution in [3.63, 3.8) is 0 Å². The fourth-order valence-corrected chi connectivity index (χ4v) is 0.347. The first-order valence-corrected chi connectivity index (χ1v) is 3.64. The molecule has 0 unspecified atom stereocenters. The molecule has 0 aromatic heterocycles. The summed E-state index contributed by atoms with van der Waals surface area (Å²) in [5.74, 6) is 5.21. The molecule has 9 heavy (non-hydrogen) atoms. The quantitative estimate of drug-likeness (QED) is 0.515. The molecule has 0 aromatic rings. The Hall–Kier alpha value is -0.400. The van der Waals surface area contributed by atoms with Crippen LogP contribution in [0.25, 0.3) is 0 Å². The van der Waals surface area contributed by atoms with Crippen LogP contribution in [0.5, 0.6) is 0 Å². The van der Waals surface area contributed by atoms with E-state index < -0.39 is 0 Å². The Morgan fingerprint density at radius 2 is 1.89 bits per heavy atom. The molecule has 0 radical (unpaired) electrons. The van der Waals surface area contributed by atoms with Crippen LogP contribution in [0.1, 0.15) is 28.1 Å². The largest absolute Gasteiger partial charge is 0.120 e. The Labute approximate surface area is 67.7 Å². The van der Waals surface area contributed by atoms with Crippen molar-refractivity contribution in [3.05, 3.63) is 0 Å². The second-order valence-corrected chi connectivity index (χ2v) is 1.58. The molecule has 0 N–H and O–H groups in total. The maximum Gasteiger partial charge on any atom is 0.0106 e. The van der Waals surface area contributed by atoms with Crippen molar-refractivity contribution in [1.82, 2.24) is 0 Å². The van der Waals surface area contributed by atoms with Crippen LogP contribution in [0.4, 0.5) is 0 Å². The SMILES string of the molecule is C#CCC.CCC#CBr.[2HH]. The maximum atomic E-state index is 4.78. The van der Waals surface area contributed by atoms with E-state index in [0.717, 1.165) is 12.8 Å². The smallest absolute Gasteiger partial charge is 0.0106 e. The molecule has 0 aliphatic carbocycles. The molecular weight excluding hydrogens is 176 g/mol. The number of hydrogen-bond acceptors (Lipinski definition) is 0. The van der Waals surface area contributed by atoms with Gasteiger partial charge in [-0.25, -0.2) is 0 Å². The van der Waals surface area contributed by atoms with Crippen LogP contribution in [0, 0.1) is 23.1 Å². The minimum atomic E-state index is 0. The van der Waals surface area contributed by atoms with Crippen molar-refractivity contribution in [2.24, 2.45) is 0 Å². The lowest BCUT2D eigenvalue weighted by Crippen LogP contribution is -1.42. The molecule has 52 valence electrons. The zero-order valence-corrected chi connectivity index (χ0v) is 7.46. The predicted octanol–water partition coefficient (Wildman–Crippen LogP) is 3.03. The number of rotatable bonds is 0. The Morgan fingerprint density at radius 3 is 1.89 bits per heavy atom. The highest BCUT2D eigenvalue weighted by Gasteiger charge is 1.50. The van der Waals surface area contributed by atoms with Gasteiger partial charge in [0.1, 0.15) is 0 Å². The zero-order chi connectivity index (χ0) is 7.54. The molecule has 0 heterocycles. The van der Waals surface area contributed by atoms with Crippen molar-refractivity contribution in [2.75, 3.05) is 0 Å². The van der Waals surface area contributed by atoms with Gasteiger partial charge >= 0.3 is 0 Å². The Bertz CT molecular complexity index is 124. The third-order valence-corrected chi connectivity index (χ3v) is 0.728. The van der Waals surface area contributed by atoms with E-state index in [1.165, 1.54) is 0 Å². The molecule has 0 fully saturated rings. The molecule has 0 amide bonds. The second-order valence-electron chi connectivity index (χ2n) is 1.18. The lowest BCUT2D eigenvalue weighted by Gasteiger charge is -1.56. The summed E-state index contributed by atoms with van der Waals surface area (Å²) in [7, 11) is 0. The summed E-state index contributed by atoms with van der Waals surface area (Å²) in [6.07, 6.45) is 6.56. The first-order valence-electron chi connectivity index (χ1n) is 2.85. The van der Waals surface area contributed by atoms with E-state index in [1.54, 1.807) is 0 Å². The fraction of sp³-hybridized carbons (Fsp3) is 0.500. The van der Waals surface area contributed by atoms with Crippen molar-refractivity contribution >= 4 is 15.9 Å². The molecule has 0 atom stereocenters. The van der Waals surface area contributed by atoms with E-state index in [1.807, 2.05) is 13.8 Å². The third kappa shape index (κ3) is 35.3. The van der Waals surface area contributed by atoms with Gasteiger partial charge in [-0.2, -0.15) is 0 Å². The van der Waals surface area contributed by atoms with E-state index >= 15 is 0 Å². The summed E-state index contributed by atoms with van der Waals surface area (Å²) < 4.78 is 0. The van der Waals surface area contributed by atoms with Gasteiger partial charge in [-0.05, 0) is 4.83 Å². The molecule has 0 bridgehead atoms. The minimum Gasteiger partial charge on any atom is -0.120 e. The fourth-order valence-electron chi connectivity index (χ4n) is 0.0668. The van der Waals surface area contributed by atoms with Gasteiger partial charge in [0.15, 0.2) is 0 Å². The summed E-state index contributed by atoms with van der Waals surface area (Å²) in [4.78, 5) is 2.58. The molecule has 0 saturated heterocycles. The topological polar surface area (TPSA) is 0 Å². The molecule has 1 heteroatoms. The molecule has 0 aromatic carbocycles. The number of halogens is 1. The highest BCUT2D eigenvalue weighted by atomic mass is 79.9. The first-order chi connectivity index (χ1) is 4.33.